The third kappa shape index (κ3) is 6.50. The van der Waals surface area contributed by atoms with Crippen molar-refractivity contribution in [2.75, 3.05) is 45.3 Å². The van der Waals surface area contributed by atoms with Crippen molar-refractivity contribution in [3.8, 4) is 11.5 Å². The Labute approximate surface area is 170 Å². The quantitative estimate of drug-likeness (QED) is 0.498. The van der Waals surface area contributed by atoms with Crippen molar-refractivity contribution in [1.82, 2.24) is 10.6 Å². The summed E-state index contributed by atoms with van der Waals surface area (Å²) in [5.41, 5.74) is 1.16. The second-order valence-corrected chi connectivity index (χ2v) is 7.38. The third-order valence-corrected chi connectivity index (χ3v) is 5.54. The zero-order valence-electron chi connectivity index (χ0n) is 18.3. The third-order valence-electron chi connectivity index (χ3n) is 5.54. The summed E-state index contributed by atoms with van der Waals surface area (Å²) in [5, 5.41) is 7.04. The van der Waals surface area contributed by atoms with Crippen LogP contribution < -0.4 is 25.0 Å². The zero-order valence-corrected chi connectivity index (χ0v) is 18.3. The summed E-state index contributed by atoms with van der Waals surface area (Å²) in [7, 11) is 3.38. The first-order valence-corrected chi connectivity index (χ1v) is 10.7. The number of methoxy groups -OCH3 is 2. The molecule has 1 aromatic rings. The van der Waals surface area contributed by atoms with Crippen LogP contribution in [0.25, 0.3) is 0 Å². The van der Waals surface area contributed by atoms with Crippen LogP contribution in [0.3, 0.4) is 0 Å². The molecule has 0 aliphatic carbocycles. The number of hydrogen-bond acceptors (Lipinski definition) is 4. The summed E-state index contributed by atoms with van der Waals surface area (Å²) < 4.78 is 10.8. The molecule has 0 bridgehead atoms. The Morgan fingerprint density at radius 2 is 1.68 bits per heavy atom. The number of guanidine groups is 1. The van der Waals surface area contributed by atoms with Crippen LogP contribution in [0, 0.1) is 5.92 Å². The van der Waals surface area contributed by atoms with Gasteiger partial charge in [0.2, 0.25) is 0 Å². The molecule has 0 unspecified atom stereocenters. The topological polar surface area (TPSA) is 58.1 Å². The number of ether oxygens (including phenoxy) is 2. The van der Waals surface area contributed by atoms with Crippen LogP contribution in [0.2, 0.25) is 0 Å². The van der Waals surface area contributed by atoms with E-state index >= 15 is 0 Å². The molecule has 1 fully saturated rings. The molecule has 6 heteroatoms. The van der Waals surface area contributed by atoms with Crippen molar-refractivity contribution >= 4 is 11.6 Å². The van der Waals surface area contributed by atoms with Crippen LogP contribution in [0.15, 0.2) is 23.2 Å². The molecule has 0 aromatic heterocycles. The second-order valence-electron chi connectivity index (χ2n) is 7.38. The van der Waals surface area contributed by atoms with E-state index in [0.717, 1.165) is 62.2 Å². The first kappa shape index (κ1) is 22.2. The molecule has 0 spiro atoms. The molecule has 6 nitrogen and oxygen atoms in total. The van der Waals surface area contributed by atoms with Crippen molar-refractivity contribution in [3.63, 3.8) is 0 Å². The predicted molar refractivity (Wildman–Crippen MR) is 118 cm³/mol. The summed E-state index contributed by atoms with van der Waals surface area (Å²) in [5.74, 6) is 3.28. The molecular weight excluding hydrogens is 352 g/mol. The van der Waals surface area contributed by atoms with E-state index in [1.165, 1.54) is 12.8 Å². The molecule has 1 heterocycles. The van der Waals surface area contributed by atoms with Crippen molar-refractivity contribution in [3.05, 3.63) is 18.2 Å². The van der Waals surface area contributed by atoms with Crippen LogP contribution in [-0.4, -0.2) is 52.4 Å². The normalized spacial score (nSPS) is 15.6. The first-order valence-electron chi connectivity index (χ1n) is 10.7. The minimum atomic E-state index is 0.447. The Morgan fingerprint density at radius 1 is 1.07 bits per heavy atom. The summed E-state index contributed by atoms with van der Waals surface area (Å²) in [6, 6.07) is 6.52. The standard InChI is InChI=1S/C22H38N4O2/c1-6-17(7-2)16-24-22(23-8-3)25-18-9-11-26(12-10-18)19-13-20(27-4)15-21(14-19)28-5/h13-15,17-18H,6-12,16H2,1-5H3,(H2,23,24,25). The minimum absolute atomic E-state index is 0.447. The summed E-state index contributed by atoms with van der Waals surface area (Å²) in [4.78, 5) is 7.22. The van der Waals surface area contributed by atoms with Gasteiger partial charge < -0.3 is 25.0 Å². The van der Waals surface area contributed by atoms with Gasteiger partial charge in [-0.2, -0.15) is 0 Å². The molecule has 0 radical (unpaired) electrons. The Morgan fingerprint density at radius 3 is 2.18 bits per heavy atom. The highest BCUT2D eigenvalue weighted by atomic mass is 16.5. The lowest BCUT2D eigenvalue weighted by Crippen LogP contribution is -2.49. The SMILES string of the molecule is CCNC(=NCC(CC)CC)NC1CCN(c2cc(OC)cc(OC)c2)CC1. The fourth-order valence-electron chi connectivity index (χ4n) is 3.54. The van der Waals surface area contributed by atoms with Gasteiger partial charge in [-0.25, -0.2) is 0 Å². The van der Waals surface area contributed by atoms with E-state index in [-0.39, 0.29) is 0 Å². The van der Waals surface area contributed by atoms with Crippen molar-refractivity contribution < 1.29 is 9.47 Å². The summed E-state index contributed by atoms with van der Waals surface area (Å²) in [6.45, 7) is 10.4. The van der Waals surface area contributed by atoms with Gasteiger partial charge in [0, 0.05) is 56.1 Å². The van der Waals surface area contributed by atoms with Crippen molar-refractivity contribution in [2.24, 2.45) is 10.9 Å². The van der Waals surface area contributed by atoms with E-state index in [9.17, 15) is 0 Å². The second kappa shape index (κ2) is 11.7. The van der Waals surface area contributed by atoms with Gasteiger partial charge in [0.1, 0.15) is 11.5 Å². The molecule has 0 atom stereocenters. The van der Waals surface area contributed by atoms with Crippen LogP contribution >= 0.6 is 0 Å². The lowest BCUT2D eigenvalue weighted by Gasteiger charge is -2.35. The van der Waals surface area contributed by atoms with Crippen LogP contribution in [0.1, 0.15) is 46.5 Å². The summed E-state index contributed by atoms with van der Waals surface area (Å²) in [6.07, 6.45) is 4.52. The van der Waals surface area contributed by atoms with Gasteiger partial charge in [0.15, 0.2) is 5.96 Å². The molecule has 2 rings (SSSR count). The van der Waals surface area contributed by atoms with Crippen LogP contribution in [0.5, 0.6) is 11.5 Å². The van der Waals surface area contributed by atoms with Crippen molar-refractivity contribution in [1.29, 1.82) is 0 Å². The van der Waals surface area contributed by atoms with Gasteiger partial charge in [-0.05, 0) is 25.7 Å². The number of benzene rings is 1. The Kier molecular flexibility index (Phi) is 9.24. The highest BCUT2D eigenvalue weighted by molar-refractivity contribution is 5.80. The summed E-state index contributed by atoms with van der Waals surface area (Å²) >= 11 is 0. The average molecular weight is 391 g/mol. The zero-order chi connectivity index (χ0) is 20.4. The molecule has 1 saturated heterocycles. The van der Waals surface area contributed by atoms with E-state index < -0.39 is 0 Å². The number of aliphatic imine (C=N–C) groups is 1. The number of rotatable bonds is 9. The highest BCUT2D eigenvalue weighted by Crippen LogP contribution is 2.30. The maximum atomic E-state index is 5.41. The van der Waals surface area contributed by atoms with E-state index in [1.807, 2.05) is 6.07 Å². The van der Waals surface area contributed by atoms with Gasteiger partial charge in [0.25, 0.3) is 0 Å². The van der Waals surface area contributed by atoms with E-state index in [2.05, 4.69) is 48.4 Å². The van der Waals surface area contributed by atoms with E-state index in [0.29, 0.717) is 12.0 Å². The number of nitrogens with zero attached hydrogens (tertiary/aromatic N) is 2. The first-order chi connectivity index (χ1) is 13.6. The van der Waals surface area contributed by atoms with Gasteiger partial charge >= 0.3 is 0 Å². The highest BCUT2D eigenvalue weighted by Gasteiger charge is 2.21. The van der Waals surface area contributed by atoms with Gasteiger partial charge in [0.05, 0.1) is 14.2 Å². The van der Waals surface area contributed by atoms with Gasteiger partial charge in [-0.3, -0.25) is 4.99 Å². The largest absolute Gasteiger partial charge is 0.497 e. The number of anilines is 1. The monoisotopic (exact) mass is 390 g/mol. The lowest BCUT2D eigenvalue weighted by atomic mass is 10.0. The Hall–Kier alpha value is -2.11. The maximum Gasteiger partial charge on any atom is 0.191 e. The number of piperidine rings is 1. The number of nitrogens with one attached hydrogen (secondary N) is 2. The molecule has 2 N–H and O–H groups in total. The molecular formula is C22H38N4O2. The fraction of sp³-hybridized carbons (Fsp3) is 0.682. The maximum absolute atomic E-state index is 5.41. The minimum Gasteiger partial charge on any atom is -0.497 e. The predicted octanol–water partition coefficient (Wildman–Crippen LogP) is 3.66. The molecule has 1 aliphatic heterocycles. The van der Waals surface area contributed by atoms with Crippen LogP contribution in [0.4, 0.5) is 5.69 Å². The molecule has 28 heavy (non-hydrogen) atoms. The molecule has 158 valence electrons. The van der Waals surface area contributed by atoms with Crippen LogP contribution in [-0.2, 0) is 0 Å². The molecule has 1 aliphatic rings. The van der Waals surface area contributed by atoms with Crippen molar-refractivity contribution in [2.45, 2.75) is 52.5 Å². The molecule has 0 amide bonds. The fourth-order valence-corrected chi connectivity index (χ4v) is 3.54. The van der Waals surface area contributed by atoms with Gasteiger partial charge in [-0.1, -0.05) is 26.7 Å². The smallest absolute Gasteiger partial charge is 0.191 e. The number of hydrogen-bond donors (Lipinski definition) is 2. The average Bonchev–Trinajstić information content (AvgIpc) is 2.74. The Bertz CT molecular complexity index is 586. The molecule has 1 aromatic carbocycles. The molecule has 0 saturated carbocycles. The van der Waals surface area contributed by atoms with E-state index in [4.69, 9.17) is 14.5 Å². The lowest BCUT2D eigenvalue weighted by molar-refractivity contribution is 0.393. The Balaban J connectivity index is 1.94. The van der Waals surface area contributed by atoms with Gasteiger partial charge in [-0.15, -0.1) is 0 Å². The van der Waals surface area contributed by atoms with E-state index in [1.54, 1.807) is 14.2 Å².